The van der Waals surface area contributed by atoms with Crippen molar-refractivity contribution in [3.63, 3.8) is 0 Å². The van der Waals surface area contributed by atoms with E-state index in [0.717, 1.165) is 0 Å². The molecule has 9 heavy (non-hydrogen) atoms. The van der Waals surface area contributed by atoms with Gasteiger partial charge >= 0.3 is 0 Å². The van der Waals surface area contributed by atoms with E-state index in [0.29, 0.717) is 5.54 Å². The van der Waals surface area contributed by atoms with Crippen molar-refractivity contribution in [2.45, 2.75) is 38.6 Å². The van der Waals surface area contributed by atoms with Gasteiger partial charge < -0.3 is 0 Å². The van der Waals surface area contributed by atoms with Crippen molar-refractivity contribution in [3.8, 4) is 0 Å². The normalized spacial score (nSPS) is 26.2. The fourth-order valence-electron chi connectivity index (χ4n) is 1.32. The smallest absolute Gasteiger partial charge is 0.156 e. The molecule has 1 aliphatic heterocycles. The Morgan fingerprint density at radius 3 is 2.33 bits per heavy atom. The summed E-state index contributed by atoms with van der Waals surface area (Å²) in [6.07, 6.45) is 4.00. The minimum Gasteiger partial charge on any atom is -0.238 e. The first kappa shape index (κ1) is 6.79. The summed E-state index contributed by atoms with van der Waals surface area (Å²) in [6.45, 7) is 9.68. The molecule has 0 unspecified atom stereocenters. The van der Waals surface area contributed by atoms with Crippen molar-refractivity contribution >= 4 is 6.72 Å². The van der Waals surface area contributed by atoms with Crippen LogP contribution < -0.4 is 0 Å². The van der Waals surface area contributed by atoms with E-state index in [1.807, 2.05) is 0 Å². The van der Waals surface area contributed by atoms with Crippen LogP contribution in [0.5, 0.6) is 0 Å². The van der Waals surface area contributed by atoms with Crippen LogP contribution in [0.25, 0.3) is 0 Å². The third kappa shape index (κ3) is 1.32. The highest BCUT2D eigenvalue weighted by Crippen LogP contribution is 2.21. The van der Waals surface area contributed by atoms with E-state index in [9.17, 15) is 0 Å². The van der Waals surface area contributed by atoms with Crippen LogP contribution in [-0.2, 0) is 0 Å². The summed E-state index contributed by atoms with van der Waals surface area (Å²) in [5.74, 6) is 0. The Balaban J connectivity index is 2.60. The van der Waals surface area contributed by atoms with Gasteiger partial charge in [0.15, 0.2) is 5.54 Å². The van der Waals surface area contributed by atoms with E-state index in [-0.39, 0.29) is 0 Å². The molecule has 0 radical (unpaired) electrons. The monoisotopic (exact) mass is 126 g/mol. The third-order valence-electron chi connectivity index (χ3n) is 2.32. The average Bonchev–Trinajstić information content (AvgIpc) is 1.77. The lowest BCUT2D eigenvalue weighted by atomic mass is 9.92. The molecule has 52 valence electrons. The predicted octanol–water partition coefficient (Wildman–Crippen LogP) is 1.66. The molecule has 1 nitrogen and oxygen atoms in total. The molecule has 0 atom stereocenters. The highest BCUT2D eigenvalue weighted by Gasteiger charge is 2.30. The van der Waals surface area contributed by atoms with Crippen LogP contribution in [0.3, 0.4) is 0 Å². The molecule has 1 heterocycles. The highest BCUT2D eigenvalue weighted by atomic mass is 15.1. The maximum Gasteiger partial charge on any atom is 0.156 e. The van der Waals surface area contributed by atoms with Gasteiger partial charge in [-0.05, 0) is 20.3 Å². The first-order valence-electron chi connectivity index (χ1n) is 3.71. The van der Waals surface area contributed by atoms with Gasteiger partial charge in [0.05, 0.1) is 0 Å². The molecule has 0 aromatic carbocycles. The van der Waals surface area contributed by atoms with Gasteiger partial charge in [0, 0.05) is 12.8 Å². The fraction of sp³-hybridized carbons (Fsp3) is 0.875. The maximum atomic E-state index is 3.98. The Morgan fingerprint density at radius 1 is 1.33 bits per heavy atom. The van der Waals surface area contributed by atoms with Crippen LogP contribution >= 0.6 is 0 Å². The molecule has 0 amide bonds. The van der Waals surface area contributed by atoms with E-state index in [2.05, 4.69) is 25.1 Å². The fourth-order valence-corrected chi connectivity index (χ4v) is 1.32. The van der Waals surface area contributed by atoms with Gasteiger partial charge in [0.25, 0.3) is 0 Å². The lowest BCUT2D eigenvalue weighted by molar-refractivity contribution is -0.604. The van der Waals surface area contributed by atoms with Gasteiger partial charge in [-0.3, -0.25) is 0 Å². The zero-order valence-corrected chi connectivity index (χ0v) is 6.48. The third-order valence-corrected chi connectivity index (χ3v) is 2.32. The number of piperidine rings is 1. The van der Waals surface area contributed by atoms with Crippen molar-refractivity contribution < 1.29 is 4.58 Å². The van der Waals surface area contributed by atoms with Crippen molar-refractivity contribution in [3.05, 3.63) is 0 Å². The zero-order chi connectivity index (χ0) is 6.91. The van der Waals surface area contributed by atoms with E-state index in [1.54, 1.807) is 0 Å². The quantitative estimate of drug-likeness (QED) is 0.434. The molecular weight excluding hydrogens is 110 g/mol. The molecule has 1 aliphatic rings. The number of hydrogen-bond acceptors (Lipinski definition) is 0. The largest absolute Gasteiger partial charge is 0.238 e. The second kappa shape index (κ2) is 2.13. The number of hydrogen-bond donors (Lipinski definition) is 0. The van der Waals surface area contributed by atoms with E-state index < -0.39 is 0 Å². The molecular formula is C8H16N+. The Hall–Kier alpha value is -0.330. The molecule has 1 fully saturated rings. The highest BCUT2D eigenvalue weighted by molar-refractivity contribution is 5.15. The van der Waals surface area contributed by atoms with Crippen LogP contribution in [0.1, 0.15) is 33.1 Å². The number of nitrogens with zero attached hydrogens (tertiary/aromatic N) is 1. The van der Waals surface area contributed by atoms with Crippen molar-refractivity contribution in [1.82, 2.24) is 0 Å². The van der Waals surface area contributed by atoms with Crippen molar-refractivity contribution in [2.75, 3.05) is 6.54 Å². The minimum absolute atomic E-state index is 0.359. The molecule has 0 aromatic rings. The Kier molecular flexibility index (Phi) is 1.60. The van der Waals surface area contributed by atoms with Gasteiger partial charge in [0.2, 0.25) is 0 Å². The first-order chi connectivity index (χ1) is 4.13. The first-order valence-corrected chi connectivity index (χ1v) is 3.71. The van der Waals surface area contributed by atoms with Crippen LogP contribution in [0.2, 0.25) is 0 Å². The van der Waals surface area contributed by atoms with E-state index in [1.165, 1.54) is 25.8 Å². The number of rotatable bonds is 0. The average molecular weight is 126 g/mol. The van der Waals surface area contributed by atoms with E-state index >= 15 is 0 Å². The molecule has 1 rings (SSSR count). The Bertz CT molecular complexity index is 125. The van der Waals surface area contributed by atoms with E-state index in [4.69, 9.17) is 0 Å². The second-order valence-electron chi connectivity index (χ2n) is 3.53. The standard InChI is InChI=1S/C8H16N/c1-8(2)6-4-5-7-9(8)3/h3-7H2,1-2H3/q+1. The van der Waals surface area contributed by atoms with Crippen molar-refractivity contribution in [2.24, 2.45) is 0 Å². The van der Waals surface area contributed by atoms with Crippen molar-refractivity contribution in [1.29, 1.82) is 0 Å². The molecule has 0 N–H and O–H groups in total. The minimum atomic E-state index is 0.359. The molecule has 1 heteroatoms. The maximum absolute atomic E-state index is 3.98. The Labute approximate surface area is 57.4 Å². The molecule has 0 spiro atoms. The summed E-state index contributed by atoms with van der Waals surface area (Å²) in [7, 11) is 0. The SMILES string of the molecule is C=[N+]1CCCCC1(C)C. The summed E-state index contributed by atoms with van der Waals surface area (Å²) >= 11 is 0. The topological polar surface area (TPSA) is 3.01 Å². The van der Waals surface area contributed by atoms with Gasteiger partial charge in [-0.25, -0.2) is 4.58 Å². The summed E-state index contributed by atoms with van der Waals surface area (Å²) in [5, 5.41) is 0. The lowest BCUT2D eigenvalue weighted by Crippen LogP contribution is -2.39. The second-order valence-corrected chi connectivity index (χ2v) is 3.53. The molecule has 0 aliphatic carbocycles. The van der Waals surface area contributed by atoms with Crippen LogP contribution in [-0.4, -0.2) is 23.4 Å². The summed E-state index contributed by atoms with van der Waals surface area (Å²) < 4.78 is 2.20. The summed E-state index contributed by atoms with van der Waals surface area (Å²) in [5.41, 5.74) is 0.359. The molecule has 0 bridgehead atoms. The van der Waals surface area contributed by atoms with Gasteiger partial charge in [0.1, 0.15) is 13.3 Å². The molecule has 0 aromatic heterocycles. The summed E-state index contributed by atoms with van der Waals surface area (Å²) in [4.78, 5) is 0. The van der Waals surface area contributed by atoms with Gasteiger partial charge in [-0.2, -0.15) is 0 Å². The van der Waals surface area contributed by atoms with Gasteiger partial charge in [-0.1, -0.05) is 0 Å². The molecule has 1 saturated heterocycles. The zero-order valence-electron chi connectivity index (χ0n) is 6.48. The summed E-state index contributed by atoms with van der Waals surface area (Å²) in [6, 6.07) is 0. The Morgan fingerprint density at radius 2 is 2.00 bits per heavy atom. The van der Waals surface area contributed by atoms with Crippen LogP contribution in [0.4, 0.5) is 0 Å². The van der Waals surface area contributed by atoms with Crippen LogP contribution in [0.15, 0.2) is 0 Å². The predicted molar refractivity (Wildman–Crippen MR) is 40.2 cm³/mol. The lowest BCUT2D eigenvalue weighted by Gasteiger charge is -2.26. The van der Waals surface area contributed by atoms with Crippen LogP contribution in [0, 0.1) is 0 Å². The van der Waals surface area contributed by atoms with Gasteiger partial charge in [-0.15, -0.1) is 0 Å². The molecule has 0 saturated carbocycles.